The molecule has 2 N–H and O–H groups in total. The Balaban J connectivity index is 1.37. The van der Waals surface area contributed by atoms with Gasteiger partial charge in [-0.3, -0.25) is 9.59 Å². The Morgan fingerprint density at radius 1 is 0.806 bits per heavy atom. The van der Waals surface area contributed by atoms with E-state index in [-0.39, 0.29) is 17.9 Å². The summed E-state index contributed by atoms with van der Waals surface area (Å²) in [6.45, 7) is 2.25. The highest BCUT2D eigenvalue weighted by molar-refractivity contribution is 5.97. The minimum Gasteiger partial charge on any atom is -0.350 e. The number of fused-ring (bicyclic) bond motifs is 1. The number of nitrogens with zero attached hydrogens (tertiary/aromatic N) is 1. The monoisotopic (exact) mass is 425 g/mol. The van der Waals surface area contributed by atoms with Crippen LogP contribution in [0.1, 0.15) is 83.1 Å². The van der Waals surface area contributed by atoms with Crippen molar-refractivity contribution in [2.75, 3.05) is 0 Å². The van der Waals surface area contributed by atoms with Crippen molar-refractivity contribution in [3.63, 3.8) is 0 Å². The molecule has 1 aromatic heterocycles. The van der Waals surface area contributed by atoms with Gasteiger partial charge in [-0.2, -0.15) is 0 Å². The molecule has 0 aliphatic carbocycles. The second-order valence-electron chi connectivity index (χ2n) is 9.08. The van der Waals surface area contributed by atoms with Gasteiger partial charge in [-0.05, 0) is 18.1 Å². The Kier molecular flexibility index (Phi) is 8.98. The van der Waals surface area contributed by atoms with Crippen LogP contribution in [-0.4, -0.2) is 28.5 Å². The van der Waals surface area contributed by atoms with E-state index < -0.39 is 6.04 Å². The van der Waals surface area contributed by atoms with Crippen molar-refractivity contribution in [2.45, 2.75) is 96.1 Å². The summed E-state index contributed by atoms with van der Waals surface area (Å²) in [5, 5.41) is 7.07. The summed E-state index contributed by atoms with van der Waals surface area (Å²) in [6.07, 6.45) is 16.0. The zero-order valence-corrected chi connectivity index (χ0v) is 19.3. The summed E-state index contributed by atoms with van der Waals surface area (Å²) in [5.41, 5.74) is 2.23. The molecule has 2 heterocycles. The van der Waals surface area contributed by atoms with Crippen LogP contribution in [0.25, 0.3) is 10.9 Å². The van der Waals surface area contributed by atoms with Crippen molar-refractivity contribution in [1.82, 2.24) is 15.2 Å². The van der Waals surface area contributed by atoms with Crippen LogP contribution in [0.4, 0.5) is 0 Å². The van der Waals surface area contributed by atoms with Crippen molar-refractivity contribution in [3.8, 4) is 0 Å². The molecule has 2 aromatic rings. The molecular formula is C26H39N3O2. The van der Waals surface area contributed by atoms with Crippen LogP contribution in [-0.2, 0) is 23.1 Å². The Labute approximate surface area is 187 Å². The highest BCUT2D eigenvalue weighted by atomic mass is 16.2. The standard InChI is InChI=1S/C26H39N3O2/c1-3-4-5-6-7-8-9-10-11-12-16-22-25(30)28-23(26(31)27-22)18-20-19-29(2)24-17-14-13-15-21(20)24/h13-15,17,19,22-23H,3-12,16,18H2,1-2H3,(H,27,31)(H,28,30)/t22-,23+/m0/s1. The molecule has 2 atom stereocenters. The number of para-hydroxylation sites is 1. The Morgan fingerprint density at radius 3 is 2.10 bits per heavy atom. The molecule has 1 aromatic carbocycles. The molecule has 3 rings (SSSR count). The van der Waals surface area contributed by atoms with Gasteiger partial charge >= 0.3 is 0 Å². The van der Waals surface area contributed by atoms with Crippen LogP contribution in [0, 0.1) is 0 Å². The highest BCUT2D eigenvalue weighted by Crippen LogP contribution is 2.22. The van der Waals surface area contributed by atoms with Gasteiger partial charge in [0.15, 0.2) is 0 Å². The number of hydrogen-bond acceptors (Lipinski definition) is 2. The summed E-state index contributed by atoms with van der Waals surface area (Å²) >= 11 is 0. The number of carbonyl (C=O) groups excluding carboxylic acids is 2. The number of aryl methyl sites for hydroxylation is 1. The van der Waals surface area contributed by atoms with E-state index in [9.17, 15) is 9.59 Å². The number of rotatable bonds is 13. The van der Waals surface area contributed by atoms with Crippen molar-refractivity contribution in [3.05, 3.63) is 36.0 Å². The van der Waals surface area contributed by atoms with E-state index >= 15 is 0 Å². The van der Waals surface area contributed by atoms with Gasteiger partial charge in [-0.25, -0.2) is 0 Å². The second kappa shape index (κ2) is 11.9. The quantitative estimate of drug-likeness (QED) is 0.443. The molecule has 1 saturated heterocycles. The van der Waals surface area contributed by atoms with Crippen LogP contribution >= 0.6 is 0 Å². The van der Waals surface area contributed by atoms with Crippen LogP contribution in [0.3, 0.4) is 0 Å². The third-order valence-electron chi connectivity index (χ3n) is 6.52. The summed E-state index contributed by atoms with van der Waals surface area (Å²) in [7, 11) is 2.01. The first-order valence-corrected chi connectivity index (χ1v) is 12.2. The lowest BCUT2D eigenvalue weighted by molar-refractivity contribution is -0.136. The van der Waals surface area contributed by atoms with Crippen molar-refractivity contribution >= 4 is 22.7 Å². The zero-order chi connectivity index (χ0) is 22.1. The number of carbonyl (C=O) groups is 2. The van der Waals surface area contributed by atoms with Gasteiger partial charge in [0.1, 0.15) is 12.1 Å². The first-order chi connectivity index (χ1) is 15.1. The third-order valence-corrected chi connectivity index (χ3v) is 6.52. The lowest BCUT2D eigenvalue weighted by Gasteiger charge is -2.29. The first kappa shape index (κ1) is 23.4. The average molecular weight is 426 g/mol. The van der Waals surface area contributed by atoms with Crippen molar-refractivity contribution in [1.29, 1.82) is 0 Å². The van der Waals surface area contributed by atoms with E-state index in [1.807, 2.05) is 19.2 Å². The lowest BCUT2D eigenvalue weighted by atomic mass is 9.98. The second-order valence-corrected chi connectivity index (χ2v) is 9.08. The fraction of sp³-hybridized carbons (Fsp3) is 0.615. The molecule has 0 unspecified atom stereocenters. The third kappa shape index (κ3) is 6.59. The van der Waals surface area contributed by atoms with E-state index in [0.29, 0.717) is 6.42 Å². The topological polar surface area (TPSA) is 63.1 Å². The number of aromatic nitrogens is 1. The molecule has 1 aliphatic heterocycles. The summed E-state index contributed by atoms with van der Waals surface area (Å²) in [5.74, 6) is -0.106. The Hall–Kier alpha value is -2.30. The smallest absolute Gasteiger partial charge is 0.243 e. The van der Waals surface area contributed by atoms with Gasteiger partial charge in [0.05, 0.1) is 0 Å². The molecule has 0 saturated carbocycles. The lowest BCUT2D eigenvalue weighted by Crippen LogP contribution is -2.62. The first-order valence-electron chi connectivity index (χ1n) is 12.2. The molecule has 31 heavy (non-hydrogen) atoms. The van der Waals surface area contributed by atoms with Crippen LogP contribution < -0.4 is 10.6 Å². The van der Waals surface area contributed by atoms with Gasteiger partial charge in [0.2, 0.25) is 11.8 Å². The minimum atomic E-state index is -0.498. The van der Waals surface area contributed by atoms with E-state index in [1.54, 1.807) is 0 Å². The van der Waals surface area contributed by atoms with Gasteiger partial charge in [0, 0.05) is 30.6 Å². The van der Waals surface area contributed by atoms with Gasteiger partial charge < -0.3 is 15.2 Å². The van der Waals surface area contributed by atoms with E-state index in [0.717, 1.165) is 35.7 Å². The predicted molar refractivity (Wildman–Crippen MR) is 127 cm³/mol. The minimum absolute atomic E-state index is 0.0410. The van der Waals surface area contributed by atoms with Gasteiger partial charge in [0.25, 0.3) is 0 Å². The number of hydrogen-bond donors (Lipinski definition) is 2. The molecule has 2 amide bonds. The maximum absolute atomic E-state index is 12.6. The van der Waals surface area contributed by atoms with Crippen LogP contribution in [0.15, 0.2) is 30.5 Å². The largest absolute Gasteiger partial charge is 0.350 e. The van der Waals surface area contributed by atoms with E-state index in [2.05, 4.69) is 40.5 Å². The number of amides is 2. The number of benzene rings is 1. The van der Waals surface area contributed by atoms with Crippen LogP contribution in [0.2, 0.25) is 0 Å². The van der Waals surface area contributed by atoms with Crippen molar-refractivity contribution < 1.29 is 9.59 Å². The maximum atomic E-state index is 12.6. The number of piperazine rings is 1. The van der Waals surface area contributed by atoms with Gasteiger partial charge in [-0.1, -0.05) is 89.3 Å². The summed E-state index contributed by atoms with van der Waals surface area (Å²) in [6, 6.07) is 7.28. The Bertz CT molecular complexity index is 857. The highest BCUT2D eigenvalue weighted by Gasteiger charge is 2.33. The molecule has 0 radical (unpaired) electrons. The Morgan fingerprint density at radius 2 is 1.39 bits per heavy atom. The van der Waals surface area contributed by atoms with Gasteiger partial charge in [-0.15, -0.1) is 0 Å². The molecule has 0 bridgehead atoms. The average Bonchev–Trinajstić information content (AvgIpc) is 3.08. The van der Waals surface area contributed by atoms with Crippen LogP contribution in [0.5, 0.6) is 0 Å². The predicted octanol–water partition coefficient (Wildman–Crippen LogP) is 5.02. The normalized spacial score (nSPS) is 18.9. The SMILES string of the molecule is CCCCCCCCCCCC[C@@H]1NC(=O)[C@@H](Cc2cn(C)c3ccccc23)NC1=O. The molecule has 1 fully saturated rings. The molecule has 0 spiro atoms. The number of unbranched alkanes of at least 4 members (excludes halogenated alkanes) is 9. The fourth-order valence-corrected chi connectivity index (χ4v) is 4.67. The molecule has 5 nitrogen and oxygen atoms in total. The summed E-state index contributed by atoms with van der Waals surface area (Å²) < 4.78 is 2.07. The zero-order valence-electron chi connectivity index (χ0n) is 19.3. The molecule has 5 heteroatoms. The maximum Gasteiger partial charge on any atom is 0.243 e. The van der Waals surface area contributed by atoms with E-state index in [1.165, 1.54) is 51.4 Å². The summed E-state index contributed by atoms with van der Waals surface area (Å²) in [4.78, 5) is 25.2. The molecule has 1 aliphatic rings. The molecular weight excluding hydrogens is 386 g/mol. The molecule has 170 valence electrons. The number of nitrogens with one attached hydrogen (secondary N) is 2. The van der Waals surface area contributed by atoms with E-state index in [4.69, 9.17) is 0 Å². The fourth-order valence-electron chi connectivity index (χ4n) is 4.67. The van der Waals surface area contributed by atoms with Crippen molar-refractivity contribution in [2.24, 2.45) is 7.05 Å².